The van der Waals surface area contributed by atoms with Crippen LogP contribution in [-0.2, 0) is 0 Å². The maximum absolute atomic E-state index is 14.8. The first-order valence-electron chi connectivity index (χ1n) is 12.2. The maximum atomic E-state index is 14.8. The molecule has 2 fully saturated rings. The standard InChI is InChI=1S/C26H30FN7S/c1-28-26-31-24(30-19-5-6-23(22(27)17-19)35-21-7-11-29-12-8-21)18-25(32-26)34-15-9-20(10-16-34)33-13-3-2-4-14-33/h5-8,11-12,17-18,20H,1-4,9-10,13-16H2,(H,30,31,32). The number of piperidine rings is 2. The van der Waals surface area contributed by atoms with Crippen molar-refractivity contribution in [1.29, 1.82) is 0 Å². The van der Waals surface area contributed by atoms with E-state index in [1.165, 1.54) is 50.2 Å². The number of likely N-dealkylation sites (tertiary alicyclic amines) is 1. The number of aromatic nitrogens is 3. The van der Waals surface area contributed by atoms with Crippen LogP contribution in [0.3, 0.4) is 0 Å². The summed E-state index contributed by atoms with van der Waals surface area (Å²) in [4.78, 5) is 23.4. The Labute approximate surface area is 209 Å². The van der Waals surface area contributed by atoms with E-state index in [0.29, 0.717) is 28.4 Å². The number of nitrogens with one attached hydrogen (secondary N) is 1. The molecule has 0 unspecified atom stereocenters. The highest BCUT2D eigenvalue weighted by Gasteiger charge is 2.26. The lowest BCUT2D eigenvalue weighted by molar-refractivity contribution is 0.141. The number of benzene rings is 1. The summed E-state index contributed by atoms with van der Waals surface area (Å²) in [7, 11) is 0. The Bertz CT molecular complexity index is 1150. The Hall–Kier alpha value is -3.04. The van der Waals surface area contributed by atoms with E-state index in [4.69, 9.17) is 0 Å². The molecule has 0 bridgehead atoms. The highest BCUT2D eigenvalue weighted by Crippen LogP contribution is 2.32. The molecule has 1 aromatic carbocycles. The van der Waals surface area contributed by atoms with E-state index in [1.54, 1.807) is 18.5 Å². The van der Waals surface area contributed by atoms with E-state index in [9.17, 15) is 4.39 Å². The topological polar surface area (TPSA) is 69.5 Å². The van der Waals surface area contributed by atoms with Gasteiger partial charge in [0.15, 0.2) is 0 Å². The third-order valence-corrected chi connectivity index (χ3v) is 7.68. The normalized spacial score (nSPS) is 17.3. The van der Waals surface area contributed by atoms with Crippen LogP contribution in [-0.4, -0.2) is 58.8 Å². The average Bonchev–Trinajstić information content (AvgIpc) is 2.91. The number of hydrogen-bond acceptors (Lipinski definition) is 8. The van der Waals surface area contributed by atoms with Crippen molar-refractivity contribution in [3.8, 4) is 0 Å². The maximum Gasteiger partial charge on any atom is 0.252 e. The predicted octanol–water partition coefficient (Wildman–Crippen LogP) is 5.69. The van der Waals surface area contributed by atoms with E-state index < -0.39 is 0 Å². The SMILES string of the molecule is C=Nc1nc(Nc2ccc(Sc3ccncc3)c(F)c2)cc(N2CCC(N3CCCCC3)CC2)n1. The molecule has 0 radical (unpaired) electrons. The van der Waals surface area contributed by atoms with Gasteiger partial charge in [0, 0.05) is 53.1 Å². The smallest absolute Gasteiger partial charge is 0.252 e. The first kappa shape index (κ1) is 23.7. The minimum absolute atomic E-state index is 0.298. The highest BCUT2D eigenvalue weighted by molar-refractivity contribution is 7.99. The van der Waals surface area contributed by atoms with Crippen LogP contribution >= 0.6 is 11.8 Å². The second-order valence-electron chi connectivity index (χ2n) is 8.94. The summed E-state index contributed by atoms with van der Waals surface area (Å²) in [6.07, 6.45) is 9.66. The van der Waals surface area contributed by atoms with E-state index >= 15 is 0 Å². The van der Waals surface area contributed by atoms with Crippen LogP contribution in [0.5, 0.6) is 0 Å². The molecule has 0 atom stereocenters. The lowest BCUT2D eigenvalue weighted by Crippen LogP contribution is -2.46. The summed E-state index contributed by atoms with van der Waals surface area (Å²) < 4.78 is 14.8. The van der Waals surface area contributed by atoms with Gasteiger partial charge in [-0.1, -0.05) is 18.2 Å². The molecule has 2 saturated heterocycles. The molecule has 182 valence electrons. The van der Waals surface area contributed by atoms with Crippen molar-refractivity contribution < 1.29 is 4.39 Å². The molecule has 7 nitrogen and oxygen atoms in total. The zero-order chi connectivity index (χ0) is 24.0. The first-order chi connectivity index (χ1) is 17.2. The molecule has 0 spiro atoms. The lowest BCUT2D eigenvalue weighted by atomic mass is 10.00. The molecule has 2 aromatic heterocycles. The molecule has 9 heteroatoms. The number of halogens is 1. The number of pyridine rings is 1. The van der Waals surface area contributed by atoms with Crippen LogP contribution < -0.4 is 10.2 Å². The Kier molecular flexibility index (Phi) is 7.54. The Morgan fingerprint density at radius 1 is 0.971 bits per heavy atom. The van der Waals surface area contributed by atoms with Gasteiger partial charge < -0.3 is 15.1 Å². The molecule has 3 aromatic rings. The second kappa shape index (κ2) is 11.1. The summed E-state index contributed by atoms with van der Waals surface area (Å²) in [5, 5.41) is 3.22. The average molecular weight is 492 g/mol. The summed E-state index contributed by atoms with van der Waals surface area (Å²) in [5.74, 6) is 1.42. The minimum atomic E-state index is -0.298. The van der Waals surface area contributed by atoms with Gasteiger partial charge in [0.25, 0.3) is 5.95 Å². The Balaban J connectivity index is 1.27. The Morgan fingerprint density at radius 2 is 1.74 bits per heavy atom. The van der Waals surface area contributed by atoms with E-state index in [2.05, 4.69) is 41.8 Å². The van der Waals surface area contributed by atoms with Gasteiger partial charge in [-0.25, -0.2) is 9.38 Å². The van der Waals surface area contributed by atoms with Crippen molar-refractivity contribution in [3.05, 3.63) is 54.6 Å². The number of nitrogens with zero attached hydrogens (tertiary/aromatic N) is 6. The van der Waals surface area contributed by atoms with Gasteiger partial charge in [-0.05, 0) is 75.8 Å². The van der Waals surface area contributed by atoms with E-state index in [-0.39, 0.29) is 5.82 Å². The van der Waals surface area contributed by atoms with Gasteiger partial charge in [-0.2, -0.15) is 9.97 Å². The van der Waals surface area contributed by atoms with Crippen molar-refractivity contribution in [1.82, 2.24) is 19.9 Å². The Morgan fingerprint density at radius 3 is 2.46 bits per heavy atom. The number of hydrogen-bond donors (Lipinski definition) is 1. The van der Waals surface area contributed by atoms with Crippen molar-refractivity contribution in [2.45, 2.75) is 47.9 Å². The summed E-state index contributed by atoms with van der Waals surface area (Å²) in [6.45, 7) is 7.96. The van der Waals surface area contributed by atoms with Gasteiger partial charge in [0.05, 0.1) is 0 Å². The lowest BCUT2D eigenvalue weighted by Gasteiger charge is -2.40. The fourth-order valence-corrected chi connectivity index (χ4v) is 5.61. The third kappa shape index (κ3) is 5.97. The van der Waals surface area contributed by atoms with Crippen LogP contribution in [0.4, 0.5) is 27.7 Å². The minimum Gasteiger partial charge on any atom is -0.356 e. The molecule has 0 aliphatic carbocycles. The molecule has 1 N–H and O–H groups in total. The zero-order valence-electron chi connectivity index (χ0n) is 19.7. The van der Waals surface area contributed by atoms with Crippen LogP contribution in [0.1, 0.15) is 32.1 Å². The van der Waals surface area contributed by atoms with E-state index in [0.717, 1.165) is 36.6 Å². The highest BCUT2D eigenvalue weighted by atomic mass is 32.2. The van der Waals surface area contributed by atoms with Crippen molar-refractivity contribution in [3.63, 3.8) is 0 Å². The first-order valence-corrected chi connectivity index (χ1v) is 13.0. The van der Waals surface area contributed by atoms with Crippen LogP contribution in [0.15, 0.2) is 63.6 Å². The fourth-order valence-electron chi connectivity index (χ4n) is 4.80. The summed E-state index contributed by atoms with van der Waals surface area (Å²) >= 11 is 1.37. The number of anilines is 3. The fraction of sp³-hybridized carbons (Fsp3) is 0.385. The molecule has 2 aliphatic heterocycles. The van der Waals surface area contributed by atoms with Crippen LogP contribution in [0.25, 0.3) is 0 Å². The molecule has 5 rings (SSSR count). The van der Waals surface area contributed by atoms with Crippen molar-refractivity contribution >= 4 is 41.8 Å². The van der Waals surface area contributed by atoms with Gasteiger partial charge in [0.1, 0.15) is 17.5 Å². The van der Waals surface area contributed by atoms with Gasteiger partial charge >= 0.3 is 0 Å². The number of rotatable bonds is 7. The monoisotopic (exact) mass is 491 g/mol. The van der Waals surface area contributed by atoms with Gasteiger partial charge in [-0.3, -0.25) is 4.98 Å². The van der Waals surface area contributed by atoms with Crippen LogP contribution in [0, 0.1) is 5.82 Å². The third-order valence-electron chi connectivity index (χ3n) is 6.62. The second-order valence-corrected chi connectivity index (χ2v) is 10.1. The molecule has 2 aliphatic rings. The van der Waals surface area contributed by atoms with Gasteiger partial charge in [-0.15, -0.1) is 0 Å². The zero-order valence-corrected chi connectivity index (χ0v) is 20.6. The molecule has 0 saturated carbocycles. The molecule has 35 heavy (non-hydrogen) atoms. The summed E-state index contributed by atoms with van der Waals surface area (Å²) in [5.41, 5.74) is 0.616. The van der Waals surface area contributed by atoms with Crippen molar-refractivity contribution in [2.24, 2.45) is 4.99 Å². The molecule has 0 amide bonds. The van der Waals surface area contributed by atoms with Crippen LogP contribution in [0.2, 0.25) is 0 Å². The predicted molar refractivity (Wildman–Crippen MR) is 140 cm³/mol. The molecular weight excluding hydrogens is 461 g/mol. The molecule has 4 heterocycles. The quantitative estimate of drug-likeness (QED) is 0.426. The largest absolute Gasteiger partial charge is 0.356 e. The van der Waals surface area contributed by atoms with Gasteiger partial charge in [0.2, 0.25) is 0 Å². The van der Waals surface area contributed by atoms with Crippen molar-refractivity contribution in [2.75, 3.05) is 36.4 Å². The number of aliphatic imine (C=N–C) groups is 1. The summed E-state index contributed by atoms with van der Waals surface area (Å²) in [6, 6.07) is 11.4. The molecular formula is C26H30FN7S. The van der Waals surface area contributed by atoms with E-state index in [1.807, 2.05) is 24.3 Å².